The van der Waals surface area contributed by atoms with Crippen LogP contribution in [0.4, 0.5) is 5.69 Å². The zero-order valence-electron chi connectivity index (χ0n) is 19.0. The van der Waals surface area contributed by atoms with Crippen molar-refractivity contribution in [2.45, 2.75) is 46.5 Å². The molecule has 4 rings (SSSR count). The molecular formula is C25H31ClN4O2. The van der Waals surface area contributed by atoms with Crippen molar-refractivity contribution in [3.63, 3.8) is 0 Å². The molecule has 0 fully saturated rings. The highest BCUT2D eigenvalue weighted by Gasteiger charge is 2.33. The summed E-state index contributed by atoms with van der Waals surface area (Å²) >= 11 is 6.11. The minimum absolute atomic E-state index is 0.0335. The zero-order valence-corrected chi connectivity index (χ0v) is 19.8. The molecule has 0 saturated heterocycles. The number of rotatable bonds is 7. The quantitative estimate of drug-likeness (QED) is 0.421. The van der Waals surface area contributed by atoms with Crippen LogP contribution in [-0.4, -0.2) is 47.9 Å². The normalized spacial score (nSPS) is 17.3. The molecule has 0 radical (unpaired) electrons. The molecule has 0 bridgehead atoms. The SMILES string of the molecule is CCN(CC)CCCNC(=O)c1c(C)[nH]c2c1CCC/C2=C1/C(=O)Nc2cc(Cl)ccc21. The van der Waals surface area contributed by atoms with Crippen LogP contribution >= 0.6 is 11.6 Å². The van der Waals surface area contributed by atoms with Crippen LogP contribution in [0.5, 0.6) is 0 Å². The Kier molecular flexibility index (Phi) is 6.72. The smallest absolute Gasteiger partial charge is 0.256 e. The highest BCUT2D eigenvalue weighted by Crippen LogP contribution is 2.43. The Morgan fingerprint density at radius 3 is 2.75 bits per heavy atom. The molecule has 0 spiro atoms. The first kappa shape index (κ1) is 22.6. The highest BCUT2D eigenvalue weighted by atomic mass is 35.5. The second-order valence-electron chi connectivity index (χ2n) is 8.47. The van der Waals surface area contributed by atoms with Gasteiger partial charge in [-0.25, -0.2) is 0 Å². The summed E-state index contributed by atoms with van der Waals surface area (Å²) in [5.74, 6) is -0.145. The Labute approximate surface area is 194 Å². The largest absolute Gasteiger partial charge is 0.358 e. The maximum atomic E-state index is 13.1. The zero-order chi connectivity index (χ0) is 22.8. The molecule has 32 heavy (non-hydrogen) atoms. The Balaban J connectivity index is 1.60. The number of carbonyl (C=O) groups is 2. The van der Waals surface area contributed by atoms with Gasteiger partial charge in [-0.3, -0.25) is 9.59 Å². The molecular weight excluding hydrogens is 424 g/mol. The Hall–Kier alpha value is -2.57. The average molecular weight is 455 g/mol. The molecule has 1 aliphatic heterocycles. The summed E-state index contributed by atoms with van der Waals surface area (Å²) in [4.78, 5) is 31.7. The number of aromatic amines is 1. The molecule has 2 heterocycles. The number of amides is 2. The molecule has 2 aromatic rings. The number of hydrogen-bond donors (Lipinski definition) is 3. The molecule has 170 valence electrons. The van der Waals surface area contributed by atoms with E-state index in [4.69, 9.17) is 11.6 Å². The molecule has 2 amide bonds. The fourth-order valence-electron chi connectivity index (χ4n) is 4.89. The fraction of sp³-hybridized carbons (Fsp3) is 0.440. The maximum Gasteiger partial charge on any atom is 0.256 e. The minimum Gasteiger partial charge on any atom is -0.358 e. The number of aryl methyl sites for hydroxylation is 1. The van der Waals surface area contributed by atoms with Crippen molar-refractivity contribution in [1.82, 2.24) is 15.2 Å². The summed E-state index contributed by atoms with van der Waals surface area (Å²) in [6, 6.07) is 5.48. The lowest BCUT2D eigenvalue weighted by molar-refractivity contribution is -0.110. The number of allylic oxidation sites excluding steroid dienone is 1. The molecule has 1 aliphatic carbocycles. The summed E-state index contributed by atoms with van der Waals surface area (Å²) in [5, 5.41) is 6.63. The summed E-state index contributed by atoms with van der Waals surface area (Å²) in [6.45, 7) is 9.92. The van der Waals surface area contributed by atoms with E-state index in [0.717, 1.165) is 84.7 Å². The van der Waals surface area contributed by atoms with Crippen molar-refractivity contribution in [2.24, 2.45) is 0 Å². The molecule has 0 unspecified atom stereocenters. The van der Waals surface area contributed by atoms with Gasteiger partial charge in [-0.05, 0) is 75.5 Å². The predicted octanol–water partition coefficient (Wildman–Crippen LogP) is 4.64. The van der Waals surface area contributed by atoms with Gasteiger partial charge in [0.15, 0.2) is 0 Å². The van der Waals surface area contributed by atoms with Gasteiger partial charge < -0.3 is 20.5 Å². The van der Waals surface area contributed by atoms with Gasteiger partial charge in [-0.15, -0.1) is 0 Å². The average Bonchev–Trinajstić information content (AvgIpc) is 3.28. The van der Waals surface area contributed by atoms with Gasteiger partial charge >= 0.3 is 0 Å². The number of nitrogens with zero attached hydrogens (tertiary/aromatic N) is 1. The van der Waals surface area contributed by atoms with Crippen molar-refractivity contribution in [1.29, 1.82) is 0 Å². The number of H-pyrrole nitrogens is 1. The summed E-state index contributed by atoms with van der Waals surface area (Å²) in [5.41, 5.74) is 6.81. The number of carbonyl (C=O) groups excluding carboxylic acids is 2. The number of anilines is 1. The van der Waals surface area contributed by atoms with Gasteiger partial charge in [0, 0.05) is 28.5 Å². The van der Waals surface area contributed by atoms with Crippen LogP contribution in [0.2, 0.25) is 5.02 Å². The molecule has 2 aliphatic rings. The van der Waals surface area contributed by atoms with Crippen LogP contribution in [0.15, 0.2) is 18.2 Å². The van der Waals surface area contributed by atoms with Crippen molar-refractivity contribution in [3.05, 3.63) is 51.3 Å². The van der Waals surface area contributed by atoms with Crippen LogP contribution < -0.4 is 10.6 Å². The number of nitrogens with one attached hydrogen (secondary N) is 3. The number of aromatic nitrogens is 1. The third kappa shape index (κ3) is 4.21. The summed E-state index contributed by atoms with van der Waals surface area (Å²) in [6.07, 6.45) is 3.45. The lowest BCUT2D eigenvalue weighted by Gasteiger charge is -2.19. The Morgan fingerprint density at radius 1 is 1.22 bits per heavy atom. The summed E-state index contributed by atoms with van der Waals surface area (Å²) in [7, 11) is 0. The molecule has 7 heteroatoms. The van der Waals surface area contributed by atoms with E-state index in [-0.39, 0.29) is 11.8 Å². The van der Waals surface area contributed by atoms with E-state index < -0.39 is 0 Å². The molecule has 3 N–H and O–H groups in total. The molecule has 0 atom stereocenters. The number of hydrogen-bond acceptors (Lipinski definition) is 3. The third-order valence-corrected chi connectivity index (χ3v) is 6.77. The van der Waals surface area contributed by atoms with Crippen LogP contribution in [0, 0.1) is 6.92 Å². The van der Waals surface area contributed by atoms with E-state index in [1.54, 1.807) is 6.07 Å². The third-order valence-electron chi connectivity index (χ3n) is 6.53. The lowest BCUT2D eigenvalue weighted by Crippen LogP contribution is -2.30. The predicted molar refractivity (Wildman–Crippen MR) is 130 cm³/mol. The van der Waals surface area contributed by atoms with Crippen molar-refractivity contribution in [3.8, 4) is 0 Å². The summed E-state index contributed by atoms with van der Waals surface area (Å²) < 4.78 is 0. The van der Waals surface area contributed by atoms with E-state index in [9.17, 15) is 9.59 Å². The van der Waals surface area contributed by atoms with E-state index in [1.165, 1.54) is 0 Å². The fourth-order valence-corrected chi connectivity index (χ4v) is 5.06. The van der Waals surface area contributed by atoms with Gasteiger partial charge in [0.2, 0.25) is 0 Å². The van der Waals surface area contributed by atoms with Gasteiger partial charge in [0.25, 0.3) is 11.8 Å². The molecule has 1 aromatic carbocycles. The van der Waals surface area contributed by atoms with Gasteiger partial charge in [0.05, 0.1) is 16.8 Å². The van der Waals surface area contributed by atoms with Crippen LogP contribution in [0.25, 0.3) is 11.1 Å². The van der Waals surface area contributed by atoms with Crippen LogP contribution in [-0.2, 0) is 11.2 Å². The lowest BCUT2D eigenvalue weighted by atomic mass is 9.86. The number of benzene rings is 1. The first-order valence-electron chi connectivity index (χ1n) is 11.5. The van der Waals surface area contributed by atoms with Gasteiger partial charge in [-0.2, -0.15) is 0 Å². The van der Waals surface area contributed by atoms with Crippen LogP contribution in [0.1, 0.15) is 66.0 Å². The first-order chi connectivity index (χ1) is 15.4. The monoisotopic (exact) mass is 454 g/mol. The molecule has 1 aromatic heterocycles. The van der Waals surface area contributed by atoms with Crippen molar-refractivity contribution >= 4 is 40.2 Å². The van der Waals surface area contributed by atoms with E-state index in [0.29, 0.717) is 17.1 Å². The van der Waals surface area contributed by atoms with Crippen LogP contribution in [0.3, 0.4) is 0 Å². The highest BCUT2D eigenvalue weighted by molar-refractivity contribution is 6.38. The Morgan fingerprint density at radius 2 is 2.00 bits per heavy atom. The number of fused-ring (bicyclic) bond motifs is 2. The van der Waals surface area contributed by atoms with E-state index in [2.05, 4.69) is 34.4 Å². The topological polar surface area (TPSA) is 77.2 Å². The molecule has 6 nitrogen and oxygen atoms in total. The van der Waals surface area contributed by atoms with Gasteiger partial charge in [-0.1, -0.05) is 31.5 Å². The second kappa shape index (κ2) is 9.51. The van der Waals surface area contributed by atoms with Crippen molar-refractivity contribution in [2.75, 3.05) is 31.5 Å². The van der Waals surface area contributed by atoms with E-state index >= 15 is 0 Å². The Bertz CT molecular complexity index is 1080. The standard InChI is InChI=1S/C25H31ClN4O2/c1-4-30(5-2)13-7-12-27-24(31)21-15(3)28-23-18(21)8-6-9-19(23)22-17-11-10-16(26)14-20(17)29-25(22)32/h10-11,14,28H,4-9,12-13H2,1-3H3,(H,27,31)(H,29,32)/b22-19-. The van der Waals surface area contributed by atoms with E-state index in [1.807, 2.05) is 19.1 Å². The second-order valence-corrected chi connectivity index (χ2v) is 8.90. The van der Waals surface area contributed by atoms with Gasteiger partial charge in [0.1, 0.15) is 0 Å². The minimum atomic E-state index is -0.111. The maximum absolute atomic E-state index is 13.1. The molecule has 0 saturated carbocycles. The first-order valence-corrected chi connectivity index (χ1v) is 11.9. The number of halogens is 1. The van der Waals surface area contributed by atoms with Crippen molar-refractivity contribution < 1.29 is 9.59 Å².